The van der Waals surface area contributed by atoms with Gasteiger partial charge >= 0.3 is 0 Å². The zero-order valence-electron chi connectivity index (χ0n) is 7.14. The first-order chi connectivity index (χ1) is 5.70. The van der Waals surface area contributed by atoms with E-state index in [0.717, 1.165) is 0 Å². The van der Waals surface area contributed by atoms with Crippen molar-refractivity contribution < 1.29 is 24.4 Å². The van der Waals surface area contributed by atoms with Gasteiger partial charge in [0.05, 0.1) is 6.61 Å². The molecule has 0 aromatic rings. The standard InChI is InChI=1S/C7H14O5/c1-10-3-4-5(8)6(11-2)7(9)12-4/h4-9H,3H2,1-2H3/t4-,5-,6+,7?/m1/s1. The number of hydrogen-bond donors (Lipinski definition) is 2. The van der Waals surface area contributed by atoms with E-state index in [0.29, 0.717) is 0 Å². The van der Waals surface area contributed by atoms with Crippen LogP contribution in [0.4, 0.5) is 0 Å². The first kappa shape index (κ1) is 9.88. The Hall–Kier alpha value is -0.200. The maximum atomic E-state index is 9.46. The summed E-state index contributed by atoms with van der Waals surface area (Å²) >= 11 is 0. The quantitative estimate of drug-likeness (QED) is 0.563. The van der Waals surface area contributed by atoms with E-state index in [1.807, 2.05) is 0 Å². The van der Waals surface area contributed by atoms with Crippen molar-refractivity contribution in [3.05, 3.63) is 0 Å². The van der Waals surface area contributed by atoms with Gasteiger partial charge in [-0.2, -0.15) is 0 Å². The molecule has 0 aromatic carbocycles. The largest absolute Gasteiger partial charge is 0.387 e. The van der Waals surface area contributed by atoms with Crippen LogP contribution in [0.3, 0.4) is 0 Å². The molecule has 0 radical (unpaired) electrons. The summed E-state index contributed by atoms with van der Waals surface area (Å²) in [4.78, 5) is 0. The van der Waals surface area contributed by atoms with E-state index < -0.39 is 24.6 Å². The number of ether oxygens (including phenoxy) is 3. The third-order valence-electron chi connectivity index (χ3n) is 1.92. The van der Waals surface area contributed by atoms with Crippen molar-refractivity contribution in [3.63, 3.8) is 0 Å². The van der Waals surface area contributed by atoms with Gasteiger partial charge in [0, 0.05) is 14.2 Å². The Morgan fingerprint density at radius 1 is 1.33 bits per heavy atom. The Kier molecular flexibility index (Phi) is 3.42. The molecule has 1 saturated heterocycles. The van der Waals surface area contributed by atoms with Crippen LogP contribution in [0.25, 0.3) is 0 Å². The lowest BCUT2D eigenvalue weighted by atomic mass is 10.1. The summed E-state index contributed by atoms with van der Waals surface area (Å²) < 4.78 is 14.6. The molecule has 0 saturated carbocycles. The van der Waals surface area contributed by atoms with Crippen LogP contribution in [0.2, 0.25) is 0 Å². The van der Waals surface area contributed by atoms with Crippen LogP contribution in [0.1, 0.15) is 0 Å². The molecule has 1 unspecified atom stereocenters. The first-order valence-electron chi connectivity index (χ1n) is 3.74. The molecule has 2 N–H and O–H groups in total. The van der Waals surface area contributed by atoms with Crippen molar-refractivity contribution in [2.75, 3.05) is 20.8 Å². The Balaban J connectivity index is 2.49. The van der Waals surface area contributed by atoms with Crippen molar-refractivity contribution in [2.24, 2.45) is 0 Å². The summed E-state index contributed by atoms with van der Waals surface area (Å²) in [5, 5.41) is 18.7. The highest BCUT2D eigenvalue weighted by Gasteiger charge is 2.42. The second kappa shape index (κ2) is 4.15. The molecule has 4 atom stereocenters. The van der Waals surface area contributed by atoms with Gasteiger partial charge in [-0.15, -0.1) is 0 Å². The monoisotopic (exact) mass is 178 g/mol. The molecule has 1 fully saturated rings. The molecular weight excluding hydrogens is 164 g/mol. The van der Waals surface area contributed by atoms with Crippen molar-refractivity contribution in [3.8, 4) is 0 Å². The van der Waals surface area contributed by atoms with E-state index in [4.69, 9.17) is 14.2 Å². The lowest BCUT2D eigenvalue weighted by Crippen LogP contribution is -2.35. The third-order valence-corrected chi connectivity index (χ3v) is 1.92. The molecular formula is C7H14O5. The number of aliphatic hydroxyl groups is 2. The molecule has 1 heterocycles. The summed E-state index contributed by atoms with van der Waals surface area (Å²) in [6.07, 6.45) is -3.07. The highest BCUT2D eigenvalue weighted by atomic mass is 16.7. The van der Waals surface area contributed by atoms with Gasteiger partial charge in [0.25, 0.3) is 0 Å². The fourth-order valence-corrected chi connectivity index (χ4v) is 1.28. The van der Waals surface area contributed by atoms with Gasteiger partial charge in [-0.1, -0.05) is 0 Å². The Bertz CT molecular complexity index is 140. The SMILES string of the molecule is COC[C@H]1OC(O)[C@@H](OC)[C@@H]1O. The molecule has 0 bridgehead atoms. The lowest BCUT2D eigenvalue weighted by molar-refractivity contribution is -0.141. The Morgan fingerprint density at radius 3 is 2.42 bits per heavy atom. The van der Waals surface area contributed by atoms with Crippen molar-refractivity contribution in [2.45, 2.75) is 24.6 Å². The maximum Gasteiger partial charge on any atom is 0.184 e. The van der Waals surface area contributed by atoms with Gasteiger partial charge in [0.15, 0.2) is 6.29 Å². The van der Waals surface area contributed by atoms with Gasteiger partial charge in [0.2, 0.25) is 0 Å². The van der Waals surface area contributed by atoms with Crippen LogP contribution < -0.4 is 0 Å². The van der Waals surface area contributed by atoms with E-state index in [2.05, 4.69) is 0 Å². The van der Waals surface area contributed by atoms with Crippen LogP contribution in [0.15, 0.2) is 0 Å². The van der Waals surface area contributed by atoms with E-state index in [-0.39, 0.29) is 6.61 Å². The number of aliphatic hydroxyl groups excluding tert-OH is 2. The molecule has 0 aliphatic carbocycles. The lowest BCUT2D eigenvalue weighted by Gasteiger charge is -2.14. The average molecular weight is 178 g/mol. The summed E-state index contributed by atoms with van der Waals surface area (Å²) in [5.41, 5.74) is 0. The van der Waals surface area contributed by atoms with E-state index in [9.17, 15) is 10.2 Å². The minimum absolute atomic E-state index is 0.248. The van der Waals surface area contributed by atoms with Crippen molar-refractivity contribution >= 4 is 0 Å². The number of rotatable bonds is 3. The van der Waals surface area contributed by atoms with Crippen LogP contribution >= 0.6 is 0 Å². The van der Waals surface area contributed by atoms with E-state index in [1.54, 1.807) is 0 Å². The number of hydrogen-bond acceptors (Lipinski definition) is 5. The van der Waals surface area contributed by atoms with Gasteiger partial charge in [-0.25, -0.2) is 0 Å². The maximum absolute atomic E-state index is 9.46. The zero-order chi connectivity index (χ0) is 9.14. The van der Waals surface area contributed by atoms with E-state index >= 15 is 0 Å². The second-order valence-electron chi connectivity index (χ2n) is 2.71. The van der Waals surface area contributed by atoms with Crippen LogP contribution in [-0.2, 0) is 14.2 Å². The molecule has 0 spiro atoms. The topological polar surface area (TPSA) is 68.2 Å². The van der Waals surface area contributed by atoms with Crippen molar-refractivity contribution in [1.29, 1.82) is 0 Å². The normalized spacial score (nSPS) is 42.0. The molecule has 0 aromatic heterocycles. The minimum atomic E-state index is -1.06. The molecule has 0 amide bonds. The van der Waals surface area contributed by atoms with E-state index in [1.165, 1.54) is 14.2 Å². The van der Waals surface area contributed by atoms with Crippen LogP contribution in [0.5, 0.6) is 0 Å². The highest BCUT2D eigenvalue weighted by molar-refractivity contribution is 4.86. The fraction of sp³-hybridized carbons (Fsp3) is 1.00. The summed E-state index contributed by atoms with van der Waals surface area (Å²) in [7, 11) is 2.91. The van der Waals surface area contributed by atoms with Crippen molar-refractivity contribution in [1.82, 2.24) is 0 Å². The van der Waals surface area contributed by atoms with Gasteiger partial charge in [-0.3, -0.25) is 0 Å². The summed E-state index contributed by atoms with van der Waals surface area (Å²) in [6, 6.07) is 0. The predicted molar refractivity (Wildman–Crippen MR) is 39.6 cm³/mol. The zero-order valence-corrected chi connectivity index (χ0v) is 7.14. The summed E-state index contributed by atoms with van der Waals surface area (Å²) in [6.45, 7) is 0.248. The first-order valence-corrected chi connectivity index (χ1v) is 3.74. The third kappa shape index (κ3) is 1.75. The van der Waals surface area contributed by atoms with Crippen LogP contribution in [-0.4, -0.2) is 55.6 Å². The Morgan fingerprint density at radius 2 is 2.00 bits per heavy atom. The molecule has 12 heavy (non-hydrogen) atoms. The average Bonchev–Trinajstić information content (AvgIpc) is 2.29. The molecule has 1 rings (SSSR count). The summed E-state index contributed by atoms with van der Waals surface area (Å²) in [5.74, 6) is 0. The van der Waals surface area contributed by atoms with Gasteiger partial charge in [-0.05, 0) is 0 Å². The Labute approximate surface area is 70.9 Å². The molecule has 1 aliphatic rings. The highest BCUT2D eigenvalue weighted by Crippen LogP contribution is 2.21. The molecule has 1 aliphatic heterocycles. The smallest absolute Gasteiger partial charge is 0.184 e. The second-order valence-corrected chi connectivity index (χ2v) is 2.71. The molecule has 5 heteroatoms. The van der Waals surface area contributed by atoms with Crippen LogP contribution in [0, 0.1) is 0 Å². The molecule has 72 valence electrons. The predicted octanol–water partition coefficient (Wildman–Crippen LogP) is -1.27. The number of methoxy groups -OCH3 is 2. The molecule has 5 nitrogen and oxygen atoms in total. The van der Waals surface area contributed by atoms with Gasteiger partial charge < -0.3 is 24.4 Å². The fourth-order valence-electron chi connectivity index (χ4n) is 1.28. The van der Waals surface area contributed by atoms with Gasteiger partial charge in [0.1, 0.15) is 18.3 Å². The minimum Gasteiger partial charge on any atom is -0.387 e.